The van der Waals surface area contributed by atoms with Gasteiger partial charge in [0.25, 0.3) is 0 Å². The van der Waals surface area contributed by atoms with Crippen LogP contribution in [-0.4, -0.2) is 69.2 Å². The lowest BCUT2D eigenvalue weighted by Crippen LogP contribution is -2.46. The quantitative estimate of drug-likeness (QED) is 0.130. The van der Waals surface area contributed by atoms with Crippen molar-refractivity contribution < 1.29 is 61.4 Å². The number of phosphoric ester groups is 1. The molecule has 6 atom stereocenters. The molecule has 2 rings (SSSR count). The molecule has 0 spiro atoms. The first-order valence-electron chi connectivity index (χ1n) is 7.99. The number of aliphatic hydroxyl groups is 2. The minimum absolute atomic E-state index is 0.406. The van der Waals surface area contributed by atoms with Crippen LogP contribution < -0.4 is 11.4 Å². The van der Waals surface area contributed by atoms with Crippen molar-refractivity contribution in [2.45, 2.75) is 17.9 Å². The Morgan fingerprint density at radius 3 is 2.38 bits per heavy atom. The summed E-state index contributed by atoms with van der Waals surface area (Å²) in [5.41, 5.74) is 1.82. The zero-order valence-electron chi connectivity index (χ0n) is 15.5. The number of ether oxygens (including phenoxy) is 1. The topological polar surface area (TPSA) is 283 Å². The molecule has 0 aromatic carbocycles. The lowest BCUT2D eigenvalue weighted by Gasteiger charge is -2.28. The number of hydrogen-bond acceptors (Lipinski definition) is 13. The minimum atomic E-state index is -5.77. The third-order valence-electron chi connectivity index (χ3n) is 3.94. The highest BCUT2D eigenvalue weighted by Crippen LogP contribution is 2.66. The van der Waals surface area contributed by atoms with Crippen molar-refractivity contribution in [3.05, 3.63) is 16.8 Å². The molecular formula is C11H17N4O14P3. The lowest BCUT2D eigenvalue weighted by atomic mass is 9.86. The van der Waals surface area contributed by atoms with E-state index in [0.717, 1.165) is 6.33 Å². The molecule has 1 saturated heterocycles. The molecule has 1 aliphatic heterocycles. The largest absolute Gasteiger partial charge is 0.490 e. The average Bonchev–Trinajstić information content (AvgIpc) is 2.89. The highest BCUT2D eigenvalue weighted by molar-refractivity contribution is 7.66. The number of anilines is 1. The molecule has 0 amide bonds. The van der Waals surface area contributed by atoms with Gasteiger partial charge in [0.2, 0.25) is 5.95 Å². The lowest BCUT2D eigenvalue weighted by molar-refractivity contribution is -0.0750. The number of phosphoric acid groups is 3. The van der Waals surface area contributed by atoms with Crippen LogP contribution in [0.15, 0.2) is 11.1 Å². The fraction of sp³-hybridized carbons (Fsp3) is 0.545. The second kappa shape index (κ2) is 9.37. The number of hydrogen-bond donors (Lipinski definition) is 7. The van der Waals surface area contributed by atoms with Gasteiger partial charge in [-0.15, -0.1) is 6.42 Å². The monoisotopic (exact) mass is 522 g/mol. The summed E-state index contributed by atoms with van der Waals surface area (Å²) >= 11 is 0. The number of terminal acetylenes is 1. The van der Waals surface area contributed by atoms with Crippen molar-refractivity contribution in [2.24, 2.45) is 5.92 Å². The Hall–Kier alpha value is -1.54. The van der Waals surface area contributed by atoms with Gasteiger partial charge in [0.1, 0.15) is 6.33 Å². The average molecular weight is 522 g/mol. The number of aromatic nitrogens is 3. The van der Waals surface area contributed by atoms with Gasteiger partial charge >= 0.3 is 29.2 Å². The van der Waals surface area contributed by atoms with E-state index in [0.29, 0.717) is 4.57 Å². The fourth-order valence-electron chi connectivity index (χ4n) is 2.69. The Morgan fingerprint density at radius 1 is 1.25 bits per heavy atom. The van der Waals surface area contributed by atoms with E-state index in [4.69, 9.17) is 31.6 Å². The van der Waals surface area contributed by atoms with Crippen LogP contribution in [0.3, 0.4) is 0 Å². The first-order valence-corrected chi connectivity index (χ1v) is 12.5. The molecule has 18 nitrogen and oxygen atoms in total. The van der Waals surface area contributed by atoms with Crippen molar-refractivity contribution >= 4 is 29.4 Å². The van der Waals surface area contributed by atoms with Crippen molar-refractivity contribution in [3.63, 3.8) is 0 Å². The number of rotatable bonds is 9. The molecule has 8 N–H and O–H groups in total. The van der Waals surface area contributed by atoms with E-state index in [1.807, 2.05) is 5.92 Å². The molecule has 1 fully saturated rings. The molecule has 0 saturated carbocycles. The van der Waals surface area contributed by atoms with Crippen LogP contribution in [0, 0.1) is 18.3 Å². The van der Waals surface area contributed by atoms with E-state index in [1.165, 1.54) is 0 Å². The molecule has 1 aromatic heterocycles. The number of nitrogens with two attached hydrogens (primary N) is 1. The summed E-state index contributed by atoms with van der Waals surface area (Å²) < 4.78 is 51.4. The van der Waals surface area contributed by atoms with E-state index in [1.54, 1.807) is 0 Å². The van der Waals surface area contributed by atoms with Crippen LogP contribution in [0.2, 0.25) is 0 Å². The molecule has 0 radical (unpaired) electrons. The Bertz CT molecular complexity index is 1100. The Morgan fingerprint density at radius 2 is 1.88 bits per heavy atom. The van der Waals surface area contributed by atoms with E-state index >= 15 is 0 Å². The van der Waals surface area contributed by atoms with E-state index in [2.05, 4.69) is 23.1 Å². The maximum atomic E-state index is 12.1. The van der Waals surface area contributed by atoms with Gasteiger partial charge in [0, 0.05) is 0 Å². The van der Waals surface area contributed by atoms with Gasteiger partial charge in [-0.1, -0.05) is 5.92 Å². The van der Waals surface area contributed by atoms with Crippen molar-refractivity contribution in [2.75, 3.05) is 18.9 Å². The summed E-state index contributed by atoms with van der Waals surface area (Å²) in [6, 6.07) is 0. The molecule has 0 bridgehead atoms. The number of nitrogen functional groups attached to an aromatic ring is 1. The summed E-state index contributed by atoms with van der Waals surface area (Å²) in [5, 5.41) is 20.4. The number of nitrogens with zero attached hydrogens (tertiary/aromatic N) is 3. The molecular weight excluding hydrogens is 505 g/mol. The summed E-state index contributed by atoms with van der Waals surface area (Å²) in [6.45, 7) is -1.94. The highest BCUT2D eigenvalue weighted by Gasteiger charge is 2.56. The minimum Gasteiger partial charge on any atom is -0.396 e. The second-order valence-electron chi connectivity index (χ2n) is 6.08. The highest BCUT2D eigenvalue weighted by atomic mass is 31.3. The standard InChI is InChI=1S/C11H17N4O14P3/c1-2-11(18)6(3-16)7(27-8(11)15-5-13-9(12)14-10(15)17)4-26-31(22,23)29-32(24,25)28-30(19,20)21/h1,5-8,16,18H,3-4H2,(H,22,23)(H,24,25)(H2,12,14,17)(H2,19,20,21)/t6?,7-,8-,11?/m1/s1. The van der Waals surface area contributed by atoms with Crippen molar-refractivity contribution in [1.82, 2.24) is 14.5 Å². The molecule has 180 valence electrons. The predicted octanol–water partition coefficient (Wildman–Crippen LogP) is -2.57. The number of aliphatic hydroxyl groups excluding tert-OH is 1. The molecule has 1 aromatic rings. The van der Waals surface area contributed by atoms with Gasteiger partial charge < -0.3 is 40.3 Å². The van der Waals surface area contributed by atoms with Gasteiger partial charge in [0.05, 0.1) is 25.2 Å². The van der Waals surface area contributed by atoms with Crippen LogP contribution in [0.5, 0.6) is 0 Å². The van der Waals surface area contributed by atoms with Gasteiger partial charge in [-0.05, 0) is 0 Å². The maximum absolute atomic E-state index is 12.1. The summed E-state index contributed by atoms with van der Waals surface area (Å²) in [5.74, 6) is 0.0815. The molecule has 32 heavy (non-hydrogen) atoms. The first-order chi connectivity index (χ1) is 14.5. The fourth-order valence-corrected chi connectivity index (χ4v) is 5.72. The third-order valence-corrected chi connectivity index (χ3v) is 7.74. The SMILES string of the molecule is C#CC1(O)C(CO)[C@@H](COP(=O)(O)OP(=O)(O)OP(=O)(O)O)O[C@H]1n1cnc(N)nc1=O. The van der Waals surface area contributed by atoms with E-state index < -0.39 is 72.2 Å². The second-order valence-corrected chi connectivity index (χ2v) is 10.5. The molecule has 21 heteroatoms. The Kier molecular flexibility index (Phi) is 7.82. The first kappa shape index (κ1) is 26.7. The van der Waals surface area contributed by atoms with E-state index in [-0.39, 0.29) is 0 Å². The van der Waals surface area contributed by atoms with Crippen LogP contribution in [0.25, 0.3) is 0 Å². The van der Waals surface area contributed by atoms with Gasteiger partial charge in [-0.2, -0.15) is 13.6 Å². The van der Waals surface area contributed by atoms with Gasteiger partial charge in [-0.25, -0.2) is 23.5 Å². The summed E-state index contributed by atoms with van der Waals surface area (Å²) in [6.07, 6.45) is 2.90. The predicted molar refractivity (Wildman–Crippen MR) is 98.8 cm³/mol. The maximum Gasteiger partial charge on any atom is 0.490 e. The summed E-state index contributed by atoms with van der Waals surface area (Å²) in [4.78, 5) is 54.6. The zero-order chi connectivity index (χ0) is 24.5. The van der Waals surface area contributed by atoms with Gasteiger partial charge in [0.15, 0.2) is 11.8 Å². The van der Waals surface area contributed by atoms with Crippen LogP contribution in [0.1, 0.15) is 6.23 Å². The van der Waals surface area contributed by atoms with Crippen molar-refractivity contribution in [1.29, 1.82) is 0 Å². The van der Waals surface area contributed by atoms with Crippen LogP contribution >= 0.6 is 23.5 Å². The third kappa shape index (κ3) is 6.28. The van der Waals surface area contributed by atoms with E-state index in [9.17, 15) is 33.6 Å². The van der Waals surface area contributed by atoms with Crippen molar-refractivity contribution in [3.8, 4) is 12.3 Å². The molecule has 0 aliphatic carbocycles. The van der Waals surface area contributed by atoms with Gasteiger partial charge in [-0.3, -0.25) is 9.09 Å². The Balaban J connectivity index is 2.24. The zero-order valence-corrected chi connectivity index (χ0v) is 18.2. The van der Waals surface area contributed by atoms with Crippen LogP contribution in [0.4, 0.5) is 5.95 Å². The Labute approximate surface area is 178 Å². The molecule has 2 heterocycles. The van der Waals surface area contributed by atoms with Crippen LogP contribution in [-0.2, 0) is 31.6 Å². The smallest absolute Gasteiger partial charge is 0.396 e. The molecule has 1 aliphatic rings. The summed E-state index contributed by atoms with van der Waals surface area (Å²) in [7, 11) is -16.9. The normalized spacial score (nSPS) is 29.7. The molecule has 4 unspecified atom stereocenters.